The largest absolute Gasteiger partial charge is 0.481 e. The van der Waals surface area contributed by atoms with E-state index in [2.05, 4.69) is 0 Å². The van der Waals surface area contributed by atoms with E-state index in [1.165, 1.54) is 23.9 Å². The number of rotatable bonds is 5. The van der Waals surface area contributed by atoms with Crippen molar-refractivity contribution >= 4 is 27.8 Å². The molecule has 0 amide bonds. The Hall–Kier alpha value is -1.05. The number of benzene rings is 1. The minimum atomic E-state index is -3.67. The number of carboxylic acid groups (broad SMARTS) is 1. The lowest BCUT2D eigenvalue weighted by atomic mass is 10.3. The summed E-state index contributed by atoms with van der Waals surface area (Å²) in [4.78, 5) is 11.3. The summed E-state index contributed by atoms with van der Waals surface area (Å²) < 4.78 is 22.0. The number of hydrogen-bond acceptors (Lipinski definition) is 4. The van der Waals surface area contributed by atoms with Gasteiger partial charge in [-0.25, -0.2) is 13.6 Å². The lowest BCUT2D eigenvalue weighted by Crippen LogP contribution is -2.11. The third-order valence-corrected chi connectivity index (χ3v) is 3.99. The molecule has 17 heavy (non-hydrogen) atoms. The molecule has 5 nitrogen and oxygen atoms in total. The minimum Gasteiger partial charge on any atom is -0.481 e. The SMILES string of the molecule is CC(CC(=O)O)Sc1ccc(S(N)(=O)=O)cc1. The third-order valence-electron chi connectivity index (χ3n) is 1.95. The zero-order chi connectivity index (χ0) is 13.1. The van der Waals surface area contributed by atoms with Crippen LogP contribution >= 0.6 is 11.8 Å². The van der Waals surface area contributed by atoms with E-state index in [-0.39, 0.29) is 16.6 Å². The summed E-state index contributed by atoms with van der Waals surface area (Å²) >= 11 is 1.37. The van der Waals surface area contributed by atoms with E-state index in [1.54, 1.807) is 19.1 Å². The second-order valence-corrected chi connectivity index (χ2v) is 6.62. The Morgan fingerprint density at radius 3 is 2.35 bits per heavy atom. The maximum atomic E-state index is 11.0. The van der Waals surface area contributed by atoms with Crippen molar-refractivity contribution in [3.05, 3.63) is 24.3 Å². The van der Waals surface area contributed by atoms with Crippen molar-refractivity contribution in [2.75, 3.05) is 0 Å². The molecule has 0 saturated heterocycles. The number of hydrogen-bond donors (Lipinski definition) is 2. The Balaban J connectivity index is 2.72. The number of nitrogens with two attached hydrogens (primary N) is 1. The number of thioether (sulfide) groups is 1. The second kappa shape index (κ2) is 5.52. The molecule has 0 saturated carbocycles. The summed E-state index contributed by atoms with van der Waals surface area (Å²) in [5.41, 5.74) is 0. The first-order chi connectivity index (χ1) is 7.79. The van der Waals surface area contributed by atoms with E-state index in [0.29, 0.717) is 0 Å². The van der Waals surface area contributed by atoms with Gasteiger partial charge in [-0.1, -0.05) is 6.92 Å². The molecule has 94 valence electrons. The summed E-state index contributed by atoms with van der Waals surface area (Å²) in [5.74, 6) is -0.855. The fourth-order valence-electron chi connectivity index (χ4n) is 1.23. The average molecular weight is 275 g/mol. The van der Waals surface area contributed by atoms with Gasteiger partial charge in [0.2, 0.25) is 10.0 Å². The average Bonchev–Trinajstić information content (AvgIpc) is 2.15. The van der Waals surface area contributed by atoms with Crippen LogP contribution in [0, 0.1) is 0 Å². The van der Waals surface area contributed by atoms with Crippen LogP contribution in [0.1, 0.15) is 13.3 Å². The van der Waals surface area contributed by atoms with Gasteiger partial charge in [0.05, 0.1) is 11.3 Å². The predicted molar refractivity (Wildman–Crippen MR) is 65.4 cm³/mol. The Bertz CT molecular complexity index is 496. The molecule has 0 bridgehead atoms. The lowest BCUT2D eigenvalue weighted by molar-refractivity contribution is -0.136. The summed E-state index contributed by atoms with van der Waals surface area (Å²) in [6.07, 6.45) is 0.0571. The molecule has 0 aliphatic heterocycles. The maximum absolute atomic E-state index is 11.0. The lowest BCUT2D eigenvalue weighted by Gasteiger charge is -2.08. The first kappa shape index (κ1) is 14.0. The van der Waals surface area contributed by atoms with Gasteiger partial charge in [0.15, 0.2) is 0 Å². The molecule has 1 atom stereocenters. The summed E-state index contributed by atoms with van der Waals surface area (Å²) in [5, 5.41) is 13.5. The van der Waals surface area contributed by atoms with Crippen LogP contribution in [0.5, 0.6) is 0 Å². The van der Waals surface area contributed by atoms with Crippen molar-refractivity contribution in [3.8, 4) is 0 Å². The third kappa shape index (κ3) is 4.76. The van der Waals surface area contributed by atoms with Crippen LogP contribution in [-0.4, -0.2) is 24.7 Å². The molecule has 3 N–H and O–H groups in total. The summed E-state index contributed by atoms with van der Waals surface area (Å²) in [7, 11) is -3.67. The van der Waals surface area contributed by atoms with Crippen LogP contribution in [0.4, 0.5) is 0 Å². The first-order valence-corrected chi connectivity index (χ1v) is 7.23. The normalized spacial score (nSPS) is 13.3. The van der Waals surface area contributed by atoms with Crippen molar-refractivity contribution in [1.82, 2.24) is 0 Å². The predicted octanol–water partition coefficient (Wildman–Crippen LogP) is 1.29. The molecule has 0 aliphatic rings. The quantitative estimate of drug-likeness (QED) is 0.789. The Labute approximate surface area is 104 Å². The zero-order valence-corrected chi connectivity index (χ0v) is 10.8. The van der Waals surface area contributed by atoms with Gasteiger partial charge in [-0.2, -0.15) is 0 Å². The van der Waals surface area contributed by atoms with Crippen LogP contribution in [0.25, 0.3) is 0 Å². The van der Waals surface area contributed by atoms with Gasteiger partial charge >= 0.3 is 5.97 Å². The second-order valence-electron chi connectivity index (χ2n) is 3.54. The molecule has 0 aromatic heterocycles. The summed E-state index contributed by atoms with van der Waals surface area (Å²) in [6, 6.07) is 6.04. The highest BCUT2D eigenvalue weighted by Crippen LogP contribution is 2.25. The fourth-order valence-corrected chi connectivity index (χ4v) is 2.73. The Kier molecular flexibility index (Phi) is 4.55. The van der Waals surface area contributed by atoms with E-state index in [1.807, 2.05) is 0 Å². The van der Waals surface area contributed by atoms with Crippen LogP contribution in [0.3, 0.4) is 0 Å². The molecule has 1 unspecified atom stereocenters. The minimum absolute atomic E-state index is 0.0488. The van der Waals surface area contributed by atoms with Gasteiger partial charge in [0.25, 0.3) is 0 Å². The van der Waals surface area contributed by atoms with Crippen molar-refractivity contribution < 1.29 is 18.3 Å². The van der Waals surface area contributed by atoms with Crippen LogP contribution in [0.2, 0.25) is 0 Å². The van der Waals surface area contributed by atoms with Gasteiger partial charge in [-0.3, -0.25) is 4.79 Å². The van der Waals surface area contributed by atoms with E-state index < -0.39 is 16.0 Å². The molecule has 0 radical (unpaired) electrons. The molecule has 0 spiro atoms. The van der Waals surface area contributed by atoms with Crippen LogP contribution < -0.4 is 5.14 Å². The standard InChI is InChI=1S/C10H13NO4S2/c1-7(6-10(12)13)16-8-2-4-9(5-3-8)17(11,14)15/h2-5,7H,6H2,1H3,(H,12,13)(H2,11,14,15). The van der Waals surface area contributed by atoms with Crippen molar-refractivity contribution in [2.24, 2.45) is 5.14 Å². The summed E-state index contributed by atoms with van der Waals surface area (Å²) in [6.45, 7) is 1.80. The topological polar surface area (TPSA) is 97.5 Å². The zero-order valence-electron chi connectivity index (χ0n) is 9.16. The highest BCUT2D eigenvalue weighted by molar-refractivity contribution is 8.00. The smallest absolute Gasteiger partial charge is 0.304 e. The maximum Gasteiger partial charge on any atom is 0.304 e. The van der Waals surface area contributed by atoms with Crippen molar-refractivity contribution in [3.63, 3.8) is 0 Å². The van der Waals surface area contributed by atoms with E-state index in [0.717, 1.165) is 4.90 Å². The van der Waals surface area contributed by atoms with E-state index in [4.69, 9.17) is 10.2 Å². The first-order valence-electron chi connectivity index (χ1n) is 4.80. The number of sulfonamides is 1. The van der Waals surface area contributed by atoms with Gasteiger partial charge in [-0.15, -0.1) is 11.8 Å². The van der Waals surface area contributed by atoms with Crippen molar-refractivity contribution in [2.45, 2.75) is 28.4 Å². The molecule has 1 aromatic carbocycles. The highest BCUT2D eigenvalue weighted by Gasteiger charge is 2.11. The van der Waals surface area contributed by atoms with E-state index in [9.17, 15) is 13.2 Å². The Morgan fingerprint density at radius 2 is 1.94 bits per heavy atom. The molecule has 0 fully saturated rings. The monoisotopic (exact) mass is 275 g/mol. The molecule has 7 heteroatoms. The van der Waals surface area contributed by atoms with Gasteiger partial charge in [0.1, 0.15) is 0 Å². The number of aliphatic carboxylic acids is 1. The van der Waals surface area contributed by atoms with Crippen LogP contribution in [-0.2, 0) is 14.8 Å². The Morgan fingerprint density at radius 1 is 1.41 bits per heavy atom. The van der Waals surface area contributed by atoms with Crippen molar-refractivity contribution in [1.29, 1.82) is 0 Å². The molecular weight excluding hydrogens is 262 g/mol. The van der Waals surface area contributed by atoms with Gasteiger partial charge < -0.3 is 5.11 Å². The number of carboxylic acids is 1. The number of carbonyl (C=O) groups is 1. The molecular formula is C10H13NO4S2. The molecule has 0 aliphatic carbocycles. The van der Waals surface area contributed by atoms with Gasteiger partial charge in [0, 0.05) is 10.1 Å². The molecule has 0 heterocycles. The fraction of sp³-hybridized carbons (Fsp3) is 0.300. The highest BCUT2D eigenvalue weighted by atomic mass is 32.2. The molecule has 1 aromatic rings. The van der Waals surface area contributed by atoms with Crippen LogP contribution in [0.15, 0.2) is 34.1 Å². The molecule has 1 rings (SSSR count). The van der Waals surface area contributed by atoms with Gasteiger partial charge in [-0.05, 0) is 24.3 Å². The number of primary sulfonamides is 1. The van der Waals surface area contributed by atoms with E-state index >= 15 is 0 Å².